The van der Waals surface area contributed by atoms with Gasteiger partial charge in [0.05, 0.1) is 11.9 Å². The summed E-state index contributed by atoms with van der Waals surface area (Å²) in [6.07, 6.45) is 8.26. The molecule has 0 aromatic carbocycles. The van der Waals surface area contributed by atoms with Crippen LogP contribution in [0.4, 0.5) is 5.82 Å². The second kappa shape index (κ2) is 8.61. The van der Waals surface area contributed by atoms with Crippen molar-refractivity contribution in [3.05, 3.63) is 23.7 Å². The lowest BCUT2D eigenvalue weighted by Crippen LogP contribution is -2.46. The molecule has 1 saturated heterocycles. The fourth-order valence-corrected chi connectivity index (χ4v) is 4.80. The summed E-state index contributed by atoms with van der Waals surface area (Å²) in [5.41, 5.74) is 7.71. The molecule has 0 spiro atoms. The van der Waals surface area contributed by atoms with Crippen LogP contribution in [0.5, 0.6) is 0 Å². The highest BCUT2D eigenvalue weighted by atomic mass is 16.2. The van der Waals surface area contributed by atoms with Gasteiger partial charge in [-0.1, -0.05) is 19.3 Å². The van der Waals surface area contributed by atoms with Crippen molar-refractivity contribution >= 4 is 22.8 Å². The number of piperidine rings is 1. The van der Waals surface area contributed by atoms with Crippen LogP contribution in [-0.4, -0.2) is 63.4 Å². The van der Waals surface area contributed by atoms with E-state index in [1.807, 2.05) is 31.0 Å². The normalized spacial score (nSPS) is 21.4. The summed E-state index contributed by atoms with van der Waals surface area (Å²) in [6.45, 7) is 4.18. The van der Waals surface area contributed by atoms with E-state index in [0.29, 0.717) is 35.8 Å². The first-order valence-corrected chi connectivity index (χ1v) is 10.9. The van der Waals surface area contributed by atoms with Crippen molar-refractivity contribution in [2.75, 3.05) is 32.4 Å². The summed E-state index contributed by atoms with van der Waals surface area (Å²) in [4.78, 5) is 30.6. The number of fused-ring (bicyclic) bond motifs is 1. The number of nitrogens with two attached hydrogens (primary N) is 1. The van der Waals surface area contributed by atoms with Gasteiger partial charge in [-0.3, -0.25) is 9.69 Å². The zero-order valence-corrected chi connectivity index (χ0v) is 17.6. The van der Waals surface area contributed by atoms with E-state index in [2.05, 4.69) is 14.9 Å². The quantitative estimate of drug-likeness (QED) is 0.855. The average Bonchev–Trinajstić information content (AvgIpc) is 2.73. The first kappa shape index (κ1) is 20.0. The average molecular weight is 397 g/mol. The van der Waals surface area contributed by atoms with Crippen molar-refractivity contribution in [1.29, 1.82) is 0 Å². The molecule has 0 bridgehead atoms. The Morgan fingerprint density at radius 3 is 2.72 bits per heavy atom. The van der Waals surface area contributed by atoms with Crippen molar-refractivity contribution < 1.29 is 4.79 Å². The minimum Gasteiger partial charge on any atom is -0.383 e. The first-order chi connectivity index (χ1) is 14.0. The van der Waals surface area contributed by atoms with E-state index in [-0.39, 0.29) is 5.91 Å². The summed E-state index contributed by atoms with van der Waals surface area (Å²) in [7, 11) is 1.98. The number of amides is 1. The van der Waals surface area contributed by atoms with Crippen molar-refractivity contribution in [3.8, 4) is 0 Å². The number of likely N-dealkylation sites (N-methyl/N-ethyl adjacent to an activating group) is 1. The van der Waals surface area contributed by atoms with Gasteiger partial charge in [-0.05, 0) is 51.3 Å². The molecule has 7 heteroatoms. The Bertz CT molecular complexity index is 879. The molecule has 1 aliphatic heterocycles. The Labute approximate surface area is 172 Å². The topological polar surface area (TPSA) is 88.2 Å². The van der Waals surface area contributed by atoms with Gasteiger partial charge in [-0.25, -0.2) is 15.0 Å². The van der Waals surface area contributed by atoms with Crippen molar-refractivity contribution in [1.82, 2.24) is 24.8 Å². The summed E-state index contributed by atoms with van der Waals surface area (Å²) in [5, 5.41) is 0.802. The lowest BCUT2D eigenvalue weighted by molar-refractivity contribution is -0.134. The standard InChI is InChI=1S/C22H32N6O/c1-15-24-21(23)18-10-11-19(26-22(18)25-15)16-7-6-12-28(13-16)14-20(29)27(2)17-8-4-3-5-9-17/h10-11,16-17H,3-9,12-14H2,1-2H3,(H2,23,24,25,26). The number of nitrogen functional groups attached to an aromatic ring is 1. The predicted octanol–water partition coefficient (Wildman–Crippen LogP) is 2.89. The lowest BCUT2D eigenvalue weighted by Gasteiger charge is -2.36. The maximum absolute atomic E-state index is 12.8. The Hall–Kier alpha value is -2.28. The highest BCUT2D eigenvalue weighted by Crippen LogP contribution is 2.28. The van der Waals surface area contributed by atoms with E-state index in [1.54, 1.807) is 0 Å². The van der Waals surface area contributed by atoms with Gasteiger partial charge in [0.1, 0.15) is 11.6 Å². The maximum atomic E-state index is 12.8. The summed E-state index contributed by atoms with van der Waals surface area (Å²) in [6, 6.07) is 4.45. The Morgan fingerprint density at radius 2 is 1.93 bits per heavy atom. The molecule has 4 rings (SSSR count). The van der Waals surface area contributed by atoms with Gasteiger partial charge in [-0.15, -0.1) is 0 Å². The van der Waals surface area contributed by atoms with Crippen LogP contribution < -0.4 is 5.73 Å². The molecule has 156 valence electrons. The van der Waals surface area contributed by atoms with Crippen LogP contribution in [0, 0.1) is 6.92 Å². The van der Waals surface area contributed by atoms with Crippen LogP contribution in [-0.2, 0) is 4.79 Å². The summed E-state index contributed by atoms with van der Waals surface area (Å²) in [5.74, 6) is 1.69. The van der Waals surface area contributed by atoms with Crippen molar-refractivity contribution in [2.45, 2.75) is 63.8 Å². The SMILES string of the molecule is Cc1nc(N)c2ccc(C3CCCN(CC(=O)N(C)C4CCCCC4)C3)nc2n1. The lowest BCUT2D eigenvalue weighted by atomic mass is 9.93. The Kier molecular flexibility index (Phi) is 5.94. The van der Waals surface area contributed by atoms with Gasteiger partial charge in [0.25, 0.3) is 0 Å². The van der Waals surface area contributed by atoms with Gasteiger partial charge >= 0.3 is 0 Å². The van der Waals surface area contributed by atoms with Crippen molar-refractivity contribution in [3.63, 3.8) is 0 Å². The fourth-order valence-electron chi connectivity index (χ4n) is 4.80. The largest absolute Gasteiger partial charge is 0.383 e. The predicted molar refractivity (Wildman–Crippen MR) is 115 cm³/mol. The van der Waals surface area contributed by atoms with Crippen molar-refractivity contribution in [2.24, 2.45) is 0 Å². The third-order valence-corrected chi connectivity index (χ3v) is 6.52. The second-order valence-electron chi connectivity index (χ2n) is 8.63. The second-order valence-corrected chi connectivity index (χ2v) is 8.63. The minimum absolute atomic E-state index is 0.250. The molecule has 2 aromatic rings. The van der Waals surface area contributed by atoms with Gasteiger partial charge in [0, 0.05) is 31.2 Å². The molecule has 1 saturated carbocycles. The van der Waals surface area contributed by atoms with Gasteiger partial charge in [0.2, 0.25) is 5.91 Å². The monoisotopic (exact) mass is 396 g/mol. The molecule has 2 aromatic heterocycles. The molecule has 1 amide bonds. The molecule has 1 unspecified atom stereocenters. The molecular formula is C22H32N6O. The van der Waals surface area contributed by atoms with Gasteiger partial charge in [-0.2, -0.15) is 0 Å². The molecular weight excluding hydrogens is 364 g/mol. The zero-order chi connectivity index (χ0) is 20.4. The van der Waals surface area contributed by atoms with Crippen LogP contribution in [0.1, 0.15) is 62.4 Å². The molecule has 1 aliphatic carbocycles. The number of pyridine rings is 1. The molecule has 29 heavy (non-hydrogen) atoms. The zero-order valence-electron chi connectivity index (χ0n) is 17.6. The van der Waals surface area contributed by atoms with Crippen LogP contribution in [0.15, 0.2) is 12.1 Å². The van der Waals surface area contributed by atoms with Crippen LogP contribution >= 0.6 is 0 Å². The van der Waals surface area contributed by atoms with Gasteiger partial charge in [0.15, 0.2) is 5.65 Å². The van der Waals surface area contributed by atoms with E-state index in [4.69, 9.17) is 10.7 Å². The molecule has 2 aliphatic rings. The van der Waals surface area contributed by atoms with E-state index in [9.17, 15) is 4.79 Å². The molecule has 0 radical (unpaired) electrons. The Balaban J connectivity index is 1.43. The number of nitrogens with zero attached hydrogens (tertiary/aromatic N) is 5. The molecule has 2 fully saturated rings. The number of likely N-dealkylation sites (tertiary alicyclic amines) is 1. The number of aromatic nitrogens is 3. The maximum Gasteiger partial charge on any atom is 0.236 e. The smallest absolute Gasteiger partial charge is 0.236 e. The number of hydrogen-bond donors (Lipinski definition) is 1. The number of aryl methyl sites for hydroxylation is 1. The van der Waals surface area contributed by atoms with E-state index >= 15 is 0 Å². The van der Waals surface area contributed by atoms with E-state index in [0.717, 1.165) is 49.9 Å². The molecule has 1 atom stereocenters. The molecule has 2 N–H and O–H groups in total. The number of carbonyl (C=O) groups is 1. The highest BCUT2D eigenvalue weighted by Gasteiger charge is 2.27. The van der Waals surface area contributed by atoms with Gasteiger partial charge < -0.3 is 10.6 Å². The highest BCUT2D eigenvalue weighted by molar-refractivity contribution is 5.85. The first-order valence-electron chi connectivity index (χ1n) is 10.9. The summed E-state index contributed by atoms with van der Waals surface area (Å²) >= 11 is 0. The number of hydrogen-bond acceptors (Lipinski definition) is 6. The molecule has 3 heterocycles. The number of carbonyl (C=O) groups excluding carboxylic acids is 1. The number of anilines is 1. The van der Waals surface area contributed by atoms with E-state index < -0.39 is 0 Å². The third kappa shape index (κ3) is 4.50. The Morgan fingerprint density at radius 1 is 1.14 bits per heavy atom. The summed E-state index contributed by atoms with van der Waals surface area (Å²) < 4.78 is 0. The third-order valence-electron chi connectivity index (χ3n) is 6.52. The van der Waals surface area contributed by atoms with E-state index in [1.165, 1.54) is 19.3 Å². The van der Waals surface area contributed by atoms with Crippen LogP contribution in [0.3, 0.4) is 0 Å². The minimum atomic E-state index is 0.250. The van der Waals surface area contributed by atoms with Crippen LogP contribution in [0.25, 0.3) is 11.0 Å². The molecule has 7 nitrogen and oxygen atoms in total. The number of rotatable bonds is 4. The van der Waals surface area contributed by atoms with Crippen LogP contribution in [0.2, 0.25) is 0 Å². The fraction of sp³-hybridized carbons (Fsp3) is 0.636.